The first-order valence-electron chi connectivity index (χ1n) is 11.9. The van der Waals surface area contributed by atoms with Crippen LogP contribution in [0.4, 0.5) is 5.69 Å². The average molecular weight is 481 g/mol. The molecular weight excluding hydrogens is 448 g/mol. The molecule has 2 aromatic rings. The zero-order chi connectivity index (χ0) is 24.6. The lowest BCUT2D eigenvalue weighted by molar-refractivity contribution is -0.135. The van der Waals surface area contributed by atoms with Crippen molar-refractivity contribution in [1.82, 2.24) is 15.1 Å². The Bertz CT molecular complexity index is 1020. The molecule has 0 spiro atoms. The molecule has 0 aliphatic carbocycles. The number of nitrogens with zero attached hydrogens (tertiary/aromatic N) is 3. The SMILES string of the molecule is COc1cccc(OCC(=O)N2CCN(CCNC(=O)C3CC(=O)N(c4ccccc4)C3)CC2)c1. The molecule has 0 bridgehead atoms. The molecule has 35 heavy (non-hydrogen) atoms. The number of benzene rings is 2. The minimum absolute atomic E-state index is 0.0106. The molecule has 1 unspecified atom stereocenters. The number of para-hydroxylation sites is 1. The van der Waals surface area contributed by atoms with Crippen LogP contribution in [-0.4, -0.2) is 87.1 Å². The lowest BCUT2D eigenvalue weighted by atomic mass is 10.1. The normalized spacial score (nSPS) is 18.4. The Hall–Kier alpha value is -3.59. The number of methoxy groups -OCH3 is 1. The zero-order valence-corrected chi connectivity index (χ0v) is 20.0. The van der Waals surface area contributed by atoms with Crippen molar-refractivity contribution in [3.63, 3.8) is 0 Å². The summed E-state index contributed by atoms with van der Waals surface area (Å²) in [6.45, 7) is 4.35. The van der Waals surface area contributed by atoms with E-state index in [1.165, 1.54) is 0 Å². The molecule has 2 aliphatic rings. The average Bonchev–Trinajstić information content (AvgIpc) is 3.30. The Labute approximate surface area is 205 Å². The predicted molar refractivity (Wildman–Crippen MR) is 131 cm³/mol. The molecule has 3 amide bonds. The lowest BCUT2D eigenvalue weighted by Gasteiger charge is -2.34. The molecule has 2 aliphatic heterocycles. The molecule has 0 radical (unpaired) electrons. The first-order chi connectivity index (χ1) is 17.0. The van der Waals surface area contributed by atoms with E-state index in [9.17, 15) is 14.4 Å². The van der Waals surface area contributed by atoms with Gasteiger partial charge in [-0.3, -0.25) is 19.3 Å². The lowest BCUT2D eigenvalue weighted by Crippen LogP contribution is -2.51. The number of carbonyl (C=O) groups excluding carboxylic acids is 3. The fourth-order valence-electron chi connectivity index (χ4n) is 4.37. The van der Waals surface area contributed by atoms with Gasteiger partial charge in [-0.2, -0.15) is 0 Å². The maximum absolute atomic E-state index is 12.6. The molecule has 0 aromatic heterocycles. The van der Waals surface area contributed by atoms with Gasteiger partial charge in [0.25, 0.3) is 5.91 Å². The van der Waals surface area contributed by atoms with Crippen molar-refractivity contribution in [2.24, 2.45) is 5.92 Å². The summed E-state index contributed by atoms with van der Waals surface area (Å²) in [5, 5.41) is 2.98. The largest absolute Gasteiger partial charge is 0.497 e. The van der Waals surface area contributed by atoms with E-state index < -0.39 is 0 Å². The summed E-state index contributed by atoms with van der Waals surface area (Å²) in [4.78, 5) is 43.1. The highest BCUT2D eigenvalue weighted by Gasteiger charge is 2.35. The maximum atomic E-state index is 12.6. The molecule has 1 N–H and O–H groups in total. The number of amides is 3. The summed E-state index contributed by atoms with van der Waals surface area (Å²) in [6.07, 6.45) is 0.235. The highest BCUT2D eigenvalue weighted by molar-refractivity contribution is 6.00. The molecule has 9 heteroatoms. The Morgan fingerprint density at radius 3 is 2.49 bits per heavy atom. The Morgan fingerprint density at radius 1 is 1.00 bits per heavy atom. The van der Waals surface area contributed by atoms with Gasteiger partial charge in [0.05, 0.1) is 13.0 Å². The summed E-state index contributed by atoms with van der Waals surface area (Å²) in [6, 6.07) is 16.6. The van der Waals surface area contributed by atoms with E-state index in [2.05, 4.69) is 10.2 Å². The Morgan fingerprint density at radius 2 is 1.74 bits per heavy atom. The predicted octanol–water partition coefficient (Wildman–Crippen LogP) is 1.39. The quantitative estimate of drug-likeness (QED) is 0.583. The molecule has 2 heterocycles. The number of piperazine rings is 1. The molecule has 2 fully saturated rings. The van der Waals surface area contributed by atoms with E-state index in [0.717, 1.165) is 18.8 Å². The van der Waals surface area contributed by atoms with Crippen LogP contribution in [0.1, 0.15) is 6.42 Å². The smallest absolute Gasteiger partial charge is 0.260 e. The van der Waals surface area contributed by atoms with Crippen LogP contribution in [0.2, 0.25) is 0 Å². The van der Waals surface area contributed by atoms with Gasteiger partial charge in [0.2, 0.25) is 11.8 Å². The number of hydrogen-bond donors (Lipinski definition) is 1. The topological polar surface area (TPSA) is 91.4 Å². The Balaban J connectivity index is 1.13. The van der Waals surface area contributed by atoms with Crippen molar-refractivity contribution in [3.8, 4) is 11.5 Å². The fourth-order valence-corrected chi connectivity index (χ4v) is 4.37. The van der Waals surface area contributed by atoms with E-state index in [-0.39, 0.29) is 36.7 Å². The summed E-state index contributed by atoms with van der Waals surface area (Å²) < 4.78 is 10.8. The van der Waals surface area contributed by atoms with Crippen LogP contribution >= 0.6 is 0 Å². The van der Waals surface area contributed by atoms with Crippen LogP contribution in [0.25, 0.3) is 0 Å². The molecule has 9 nitrogen and oxygen atoms in total. The van der Waals surface area contributed by atoms with E-state index in [0.29, 0.717) is 44.2 Å². The number of carbonyl (C=O) groups is 3. The van der Waals surface area contributed by atoms with Crippen LogP contribution in [-0.2, 0) is 14.4 Å². The third kappa shape index (κ3) is 6.51. The van der Waals surface area contributed by atoms with Crippen molar-refractivity contribution in [2.45, 2.75) is 6.42 Å². The van der Waals surface area contributed by atoms with E-state index in [1.54, 1.807) is 29.0 Å². The van der Waals surface area contributed by atoms with Crippen LogP contribution in [0, 0.1) is 5.92 Å². The molecule has 4 rings (SSSR count). The van der Waals surface area contributed by atoms with Crippen LogP contribution in [0.5, 0.6) is 11.5 Å². The molecular formula is C26H32N4O5. The third-order valence-electron chi connectivity index (χ3n) is 6.42. The van der Waals surface area contributed by atoms with Crippen molar-refractivity contribution in [3.05, 3.63) is 54.6 Å². The minimum atomic E-state index is -0.332. The summed E-state index contributed by atoms with van der Waals surface area (Å²) in [5.41, 5.74) is 0.828. The second-order valence-corrected chi connectivity index (χ2v) is 8.72. The van der Waals surface area contributed by atoms with Gasteiger partial charge in [-0.15, -0.1) is 0 Å². The minimum Gasteiger partial charge on any atom is -0.497 e. The van der Waals surface area contributed by atoms with Gasteiger partial charge in [-0.1, -0.05) is 24.3 Å². The van der Waals surface area contributed by atoms with E-state index >= 15 is 0 Å². The van der Waals surface area contributed by atoms with Gasteiger partial charge in [0.1, 0.15) is 11.5 Å². The van der Waals surface area contributed by atoms with Gasteiger partial charge in [-0.25, -0.2) is 0 Å². The number of ether oxygens (including phenoxy) is 2. The van der Waals surface area contributed by atoms with Crippen molar-refractivity contribution in [1.29, 1.82) is 0 Å². The second kappa shape index (κ2) is 11.7. The third-order valence-corrected chi connectivity index (χ3v) is 6.42. The van der Waals surface area contributed by atoms with Crippen LogP contribution in [0.15, 0.2) is 54.6 Å². The second-order valence-electron chi connectivity index (χ2n) is 8.72. The summed E-state index contributed by atoms with van der Waals surface area (Å²) in [5.74, 6) is 0.802. The summed E-state index contributed by atoms with van der Waals surface area (Å²) in [7, 11) is 1.59. The van der Waals surface area contributed by atoms with E-state index in [1.807, 2.05) is 42.5 Å². The van der Waals surface area contributed by atoms with Gasteiger partial charge >= 0.3 is 0 Å². The first-order valence-corrected chi connectivity index (χ1v) is 11.9. The van der Waals surface area contributed by atoms with Gasteiger partial charge < -0.3 is 24.6 Å². The van der Waals surface area contributed by atoms with Crippen LogP contribution in [0.3, 0.4) is 0 Å². The first kappa shape index (κ1) is 24.5. The standard InChI is InChI=1S/C26H32N4O5/c1-34-22-8-5-9-23(17-22)35-19-25(32)29-14-12-28(13-15-29)11-10-27-26(33)20-16-24(31)30(18-20)21-6-3-2-4-7-21/h2-9,17,20H,10-16,18-19H2,1H3,(H,27,33). The number of rotatable bonds is 9. The zero-order valence-electron chi connectivity index (χ0n) is 20.0. The van der Waals surface area contributed by atoms with Gasteiger partial charge in [0, 0.05) is 64.0 Å². The number of anilines is 1. The highest BCUT2D eigenvalue weighted by Crippen LogP contribution is 2.24. The summed E-state index contributed by atoms with van der Waals surface area (Å²) >= 11 is 0. The molecule has 2 saturated heterocycles. The van der Waals surface area contributed by atoms with Crippen molar-refractivity contribution >= 4 is 23.4 Å². The molecule has 1 atom stereocenters. The van der Waals surface area contributed by atoms with E-state index in [4.69, 9.17) is 9.47 Å². The molecule has 2 aromatic carbocycles. The van der Waals surface area contributed by atoms with Crippen molar-refractivity contribution < 1.29 is 23.9 Å². The number of nitrogens with one attached hydrogen (secondary N) is 1. The highest BCUT2D eigenvalue weighted by atomic mass is 16.5. The molecule has 186 valence electrons. The van der Waals surface area contributed by atoms with Crippen LogP contribution < -0.4 is 19.7 Å². The van der Waals surface area contributed by atoms with Gasteiger partial charge in [0.15, 0.2) is 6.61 Å². The van der Waals surface area contributed by atoms with Crippen molar-refractivity contribution in [2.75, 3.05) is 64.4 Å². The maximum Gasteiger partial charge on any atom is 0.260 e. The monoisotopic (exact) mass is 480 g/mol. The fraction of sp³-hybridized carbons (Fsp3) is 0.423. The molecule has 0 saturated carbocycles. The Kier molecular flexibility index (Phi) is 8.20. The van der Waals surface area contributed by atoms with Gasteiger partial charge in [-0.05, 0) is 24.3 Å². The number of hydrogen-bond acceptors (Lipinski definition) is 6.